The Labute approximate surface area is 368 Å². The molecule has 13 rings (SSSR count). The molecule has 0 fully saturated rings. The predicted molar refractivity (Wildman–Crippen MR) is 265 cm³/mol. The molecule has 10 aromatic carbocycles. The lowest BCUT2D eigenvalue weighted by molar-refractivity contribution is 1.07. The first kappa shape index (κ1) is 36.0. The normalized spacial score (nSPS) is 11.8. The molecule has 5 heteroatoms. The summed E-state index contributed by atoms with van der Waals surface area (Å²) in [5.41, 5.74) is 11.9. The third-order valence-corrected chi connectivity index (χ3v) is 12.7. The quantitative estimate of drug-likeness (QED) is 0.168. The monoisotopic (exact) mass is 815 g/mol. The van der Waals surface area contributed by atoms with Gasteiger partial charge in [0.2, 0.25) is 0 Å². The second kappa shape index (κ2) is 14.5. The Bertz CT molecular complexity index is 3930. The van der Waals surface area contributed by atoms with Crippen molar-refractivity contribution in [3.8, 4) is 56.7 Å². The van der Waals surface area contributed by atoms with E-state index in [1.54, 1.807) is 0 Å². The molecule has 0 spiro atoms. The minimum absolute atomic E-state index is 0.613. The van der Waals surface area contributed by atoms with E-state index in [4.69, 9.17) is 15.0 Å². The highest BCUT2D eigenvalue weighted by atomic mass is 15.0. The number of hydrogen-bond donors (Lipinski definition) is 0. The van der Waals surface area contributed by atoms with Gasteiger partial charge in [0.1, 0.15) is 0 Å². The zero-order chi connectivity index (χ0) is 42.1. The van der Waals surface area contributed by atoms with Crippen LogP contribution in [0.4, 0.5) is 0 Å². The third-order valence-electron chi connectivity index (χ3n) is 12.7. The van der Waals surface area contributed by atoms with E-state index < -0.39 is 0 Å². The molecule has 3 aromatic heterocycles. The number of nitrogens with zero attached hydrogens (tertiary/aromatic N) is 5. The summed E-state index contributed by atoms with van der Waals surface area (Å²) in [6.07, 6.45) is 0. The van der Waals surface area contributed by atoms with Gasteiger partial charge < -0.3 is 9.13 Å². The largest absolute Gasteiger partial charge is 0.309 e. The average Bonchev–Trinajstić information content (AvgIpc) is 3.88. The predicted octanol–water partition coefficient (Wildman–Crippen LogP) is 15.0. The summed E-state index contributed by atoms with van der Waals surface area (Å²) in [5, 5.41) is 9.60. The van der Waals surface area contributed by atoms with Crippen molar-refractivity contribution in [3.63, 3.8) is 0 Å². The zero-order valence-corrected chi connectivity index (χ0v) is 34.6. The molecule has 0 saturated carbocycles. The molecular weight excluding hydrogens is 779 g/mol. The van der Waals surface area contributed by atoms with Crippen LogP contribution in [0.1, 0.15) is 0 Å². The summed E-state index contributed by atoms with van der Waals surface area (Å²) in [5.74, 6) is 1.86. The highest BCUT2D eigenvalue weighted by molar-refractivity contribution is 6.25. The van der Waals surface area contributed by atoms with Crippen LogP contribution in [0, 0.1) is 0 Å². The van der Waals surface area contributed by atoms with E-state index in [0.717, 1.165) is 61.0 Å². The van der Waals surface area contributed by atoms with Crippen LogP contribution in [0.5, 0.6) is 0 Å². The van der Waals surface area contributed by atoms with E-state index in [0.29, 0.717) is 17.5 Å². The molecule has 298 valence electrons. The molecular formula is C59H37N5. The Balaban J connectivity index is 1.08. The van der Waals surface area contributed by atoms with E-state index in [9.17, 15) is 0 Å². The fourth-order valence-electron chi connectivity index (χ4n) is 9.76. The summed E-state index contributed by atoms with van der Waals surface area (Å²) in [4.78, 5) is 15.6. The van der Waals surface area contributed by atoms with Gasteiger partial charge in [-0.05, 0) is 75.8 Å². The van der Waals surface area contributed by atoms with E-state index in [-0.39, 0.29) is 0 Å². The number of hydrogen-bond acceptors (Lipinski definition) is 3. The van der Waals surface area contributed by atoms with Crippen LogP contribution in [-0.4, -0.2) is 24.1 Å². The standard InChI is InChI=1S/C59H37N5/c1-4-16-38(17-5-1)39-28-30-42(31-29-39)58-60-57(41-19-6-2-7-20-41)61-59(62-58)44-34-43-21-11-12-24-46(43)53(35-44)64-51-27-15-14-26-48(51)49-36-50-55(37-54(49)64)63(45-22-8-3-9-23-45)52-33-32-40-18-10-13-25-47(40)56(50)52/h1-37H. The van der Waals surface area contributed by atoms with Crippen molar-refractivity contribution in [3.05, 3.63) is 224 Å². The summed E-state index contributed by atoms with van der Waals surface area (Å²) >= 11 is 0. The minimum Gasteiger partial charge on any atom is -0.309 e. The molecule has 0 amide bonds. The van der Waals surface area contributed by atoms with Crippen LogP contribution in [0.2, 0.25) is 0 Å². The van der Waals surface area contributed by atoms with Crippen molar-refractivity contribution in [1.29, 1.82) is 0 Å². The van der Waals surface area contributed by atoms with Gasteiger partial charge >= 0.3 is 0 Å². The van der Waals surface area contributed by atoms with Gasteiger partial charge in [0.05, 0.1) is 27.8 Å². The van der Waals surface area contributed by atoms with Crippen molar-refractivity contribution in [2.45, 2.75) is 0 Å². The topological polar surface area (TPSA) is 48.5 Å². The maximum atomic E-state index is 5.26. The first-order valence-electron chi connectivity index (χ1n) is 21.7. The Morgan fingerprint density at radius 1 is 0.266 bits per heavy atom. The Morgan fingerprint density at radius 3 is 1.53 bits per heavy atom. The average molecular weight is 816 g/mol. The molecule has 13 aromatic rings. The maximum absolute atomic E-state index is 5.26. The zero-order valence-electron chi connectivity index (χ0n) is 34.6. The summed E-state index contributed by atoms with van der Waals surface area (Å²) in [7, 11) is 0. The van der Waals surface area contributed by atoms with Crippen LogP contribution in [-0.2, 0) is 0 Å². The SMILES string of the molecule is c1ccc(-c2ccc(-c3nc(-c4ccccc4)nc(-c4cc(-n5c6ccccc6c6cc7c8c9ccccc9ccc8n(-c8ccccc8)c7cc65)c5ccccc5c4)n3)cc2)cc1. The molecule has 5 nitrogen and oxygen atoms in total. The highest BCUT2D eigenvalue weighted by Crippen LogP contribution is 2.43. The van der Waals surface area contributed by atoms with E-state index in [1.165, 1.54) is 43.4 Å². The smallest absolute Gasteiger partial charge is 0.164 e. The van der Waals surface area contributed by atoms with Crippen molar-refractivity contribution in [1.82, 2.24) is 24.1 Å². The van der Waals surface area contributed by atoms with Crippen LogP contribution in [0.3, 0.4) is 0 Å². The number of fused-ring (bicyclic) bond motifs is 9. The lowest BCUT2D eigenvalue weighted by Crippen LogP contribution is -2.02. The molecule has 3 heterocycles. The molecule has 64 heavy (non-hydrogen) atoms. The lowest BCUT2D eigenvalue weighted by Gasteiger charge is -2.15. The van der Waals surface area contributed by atoms with Gasteiger partial charge in [-0.25, -0.2) is 15.0 Å². The van der Waals surface area contributed by atoms with Crippen molar-refractivity contribution >= 4 is 65.2 Å². The Kier molecular flexibility index (Phi) is 8.15. The van der Waals surface area contributed by atoms with Gasteiger partial charge in [-0.1, -0.05) is 176 Å². The molecule has 0 radical (unpaired) electrons. The summed E-state index contributed by atoms with van der Waals surface area (Å²) in [6, 6.07) is 79.9. The van der Waals surface area contributed by atoms with Crippen molar-refractivity contribution in [2.75, 3.05) is 0 Å². The van der Waals surface area contributed by atoms with Crippen LogP contribution in [0.15, 0.2) is 224 Å². The number of rotatable bonds is 6. The Morgan fingerprint density at radius 2 is 0.797 bits per heavy atom. The first-order valence-corrected chi connectivity index (χ1v) is 21.7. The molecule has 0 bridgehead atoms. The molecule has 0 aliphatic carbocycles. The summed E-state index contributed by atoms with van der Waals surface area (Å²) in [6.45, 7) is 0. The highest BCUT2D eigenvalue weighted by Gasteiger charge is 2.22. The van der Waals surface area contributed by atoms with Crippen LogP contribution >= 0.6 is 0 Å². The van der Waals surface area contributed by atoms with Gasteiger partial charge in [0, 0.05) is 49.3 Å². The molecule has 0 N–H and O–H groups in total. The van der Waals surface area contributed by atoms with Gasteiger partial charge in [0.15, 0.2) is 17.5 Å². The lowest BCUT2D eigenvalue weighted by atomic mass is 10.0. The van der Waals surface area contributed by atoms with Crippen molar-refractivity contribution < 1.29 is 0 Å². The van der Waals surface area contributed by atoms with Crippen LogP contribution < -0.4 is 0 Å². The van der Waals surface area contributed by atoms with Gasteiger partial charge in [-0.3, -0.25) is 0 Å². The third kappa shape index (κ3) is 5.75. The minimum atomic E-state index is 0.613. The molecule has 0 aliphatic rings. The number of para-hydroxylation sites is 2. The van der Waals surface area contributed by atoms with Gasteiger partial charge in [-0.15, -0.1) is 0 Å². The number of benzene rings is 10. The molecule has 0 unspecified atom stereocenters. The summed E-state index contributed by atoms with van der Waals surface area (Å²) < 4.78 is 4.88. The van der Waals surface area contributed by atoms with E-state index in [2.05, 4.69) is 209 Å². The second-order valence-corrected chi connectivity index (χ2v) is 16.4. The maximum Gasteiger partial charge on any atom is 0.164 e. The van der Waals surface area contributed by atoms with Gasteiger partial charge in [0.25, 0.3) is 0 Å². The van der Waals surface area contributed by atoms with E-state index in [1.807, 2.05) is 24.3 Å². The Hall–Kier alpha value is -8.67. The first-order chi connectivity index (χ1) is 31.7. The van der Waals surface area contributed by atoms with Crippen molar-refractivity contribution in [2.24, 2.45) is 0 Å². The second-order valence-electron chi connectivity index (χ2n) is 16.4. The van der Waals surface area contributed by atoms with E-state index >= 15 is 0 Å². The van der Waals surface area contributed by atoms with Gasteiger partial charge in [-0.2, -0.15) is 0 Å². The molecule has 0 aliphatic heterocycles. The van der Waals surface area contributed by atoms with Crippen LogP contribution in [0.25, 0.3) is 122 Å². The number of aromatic nitrogens is 5. The fourth-order valence-corrected chi connectivity index (χ4v) is 9.76. The molecule has 0 atom stereocenters. The molecule has 0 saturated heterocycles. The fraction of sp³-hybridized carbons (Fsp3) is 0.